The summed E-state index contributed by atoms with van der Waals surface area (Å²) in [5.74, 6) is -0.540. The third-order valence-electron chi connectivity index (χ3n) is 2.47. The van der Waals surface area contributed by atoms with Crippen molar-refractivity contribution in [2.45, 2.75) is 32.6 Å². The first-order valence-corrected chi connectivity index (χ1v) is 5.31. The third kappa shape index (κ3) is 2.75. The zero-order chi connectivity index (χ0) is 11.3. The molecule has 0 bridgehead atoms. The van der Waals surface area contributed by atoms with E-state index in [1.165, 1.54) is 0 Å². The molecule has 1 aromatic rings. The van der Waals surface area contributed by atoms with E-state index in [0.717, 1.165) is 5.56 Å². The van der Waals surface area contributed by atoms with Crippen LogP contribution >= 0.6 is 0 Å². The van der Waals surface area contributed by atoms with Crippen LogP contribution in [0.4, 0.5) is 0 Å². The van der Waals surface area contributed by atoms with Crippen LogP contribution in [-0.4, -0.2) is 11.6 Å². The average Bonchev–Trinajstić information content (AvgIpc) is 2.30. The maximum atomic E-state index is 11.7. The average molecular weight is 204 g/mol. The standard InChI is InChI=1S/C13H16O2/c1-3-11(14)13(12(15)4-2)10-8-6-5-7-9-10/h5-9,13H,3-4H2,1-2H3. The number of rotatable bonds is 5. The third-order valence-corrected chi connectivity index (χ3v) is 2.47. The van der Waals surface area contributed by atoms with E-state index in [9.17, 15) is 9.59 Å². The number of ketones is 2. The molecular formula is C13H16O2. The Balaban J connectivity index is 3.02. The Hall–Kier alpha value is -1.44. The van der Waals surface area contributed by atoms with E-state index in [1.807, 2.05) is 30.3 Å². The van der Waals surface area contributed by atoms with Gasteiger partial charge in [-0.05, 0) is 5.56 Å². The van der Waals surface area contributed by atoms with Crippen LogP contribution in [-0.2, 0) is 9.59 Å². The van der Waals surface area contributed by atoms with Gasteiger partial charge < -0.3 is 0 Å². The van der Waals surface area contributed by atoms with Crippen LogP contribution in [0.25, 0.3) is 0 Å². The van der Waals surface area contributed by atoms with Gasteiger partial charge in [0.05, 0.1) is 0 Å². The second-order valence-corrected chi connectivity index (χ2v) is 3.48. The Kier molecular flexibility index (Phi) is 4.22. The Labute approximate surface area is 90.3 Å². The highest BCUT2D eigenvalue weighted by Gasteiger charge is 2.24. The minimum Gasteiger partial charge on any atom is -0.299 e. The number of Topliss-reactive ketones (excluding diaryl/α,β-unsaturated/α-hetero) is 2. The maximum Gasteiger partial charge on any atom is 0.147 e. The van der Waals surface area contributed by atoms with E-state index >= 15 is 0 Å². The van der Waals surface area contributed by atoms with E-state index in [1.54, 1.807) is 13.8 Å². The minimum absolute atomic E-state index is 0.00745. The van der Waals surface area contributed by atoms with Gasteiger partial charge in [-0.1, -0.05) is 44.2 Å². The number of carbonyl (C=O) groups is 2. The molecule has 0 amide bonds. The first-order valence-electron chi connectivity index (χ1n) is 5.31. The molecule has 15 heavy (non-hydrogen) atoms. The topological polar surface area (TPSA) is 34.1 Å². The molecule has 1 rings (SSSR count). The summed E-state index contributed by atoms with van der Waals surface area (Å²) >= 11 is 0. The molecule has 0 radical (unpaired) electrons. The predicted molar refractivity (Wildman–Crippen MR) is 59.8 cm³/mol. The van der Waals surface area contributed by atoms with Crippen LogP contribution in [0.5, 0.6) is 0 Å². The minimum atomic E-state index is -0.554. The van der Waals surface area contributed by atoms with E-state index in [2.05, 4.69) is 0 Å². The normalized spacial score (nSPS) is 10.3. The van der Waals surface area contributed by atoms with Crippen LogP contribution in [0.15, 0.2) is 30.3 Å². The summed E-state index contributed by atoms with van der Waals surface area (Å²) < 4.78 is 0. The van der Waals surface area contributed by atoms with E-state index in [4.69, 9.17) is 0 Å². The van der Waals surface area contributed by atoms with Crippen LogP contribution in [0.3, 0.4) is 0 Å². The molecular weight excluding hydrogens is 188 g/mol. The van der Waals surface area contributed by atoms with Crippen LogP contribution < -0.4 is 0 Å². The smallest absolute Gasteiger partial charge is 0.147 e. The second-order valence-electron chi connectivity index (χ2n) is 3.48. The highest BCUT2D eigenvalue weighted by Crippen LogP contribution is 2.20. The molecule has 2 nitrogen and oxygen atoms in total. The molecule has 0 atom stereocenters. The summed E-state index contributed by atoms with van der Waals surface area (Å²) in [4.78, 5) is 23.4. The van der Waals surface area contributed by atoms with Crippen molar-refractivity contribution in [2.75, 3.05) is 0 Å². The van der Waals surface area contributed by atoms with Crippen molar-refractivity contribution in [3.05, 3.63) is 35.9 Å². The van der Waals surface area contributed by atoms with Crippen molar-refractivity contribution in [3.8, 4) is 0 Å². The van der Waals surface area contributed by atoms with Crippen LogP contribution in [0.2, 0.25) is 0 Å². The van der Waals surface area contributed by atoms with Crippen molar-refractivity contribution >= 4 is 11.6 Å². The summed E-state index contributed by atoms with van der Waals surface area (Å²) in [5, 5.41) is 0. The quantitative estimate of drug-likeness (QED) is 0.691. The summed E-state index contributed by atoms with van der Waals surface area (Å²) in [6.07, 6.45) is 0.816. The molecule has 0 fully saturated rings. The van der Waals surface area contributed by atoms with Gasteiger partial charge >= 0.3 is 0 Å². The Morgan fingerprint density at radius 1 is 1.00 bits per heavy atom. The van der Waals surface area contributed by atoms with Gasteiger partial charge in [0, 0.05) is 12.8 Å². The summed E-state index contributed by atoms with van der Waals surface area (Å²) in [6.45, 7) is 3.59. The number of hydrogen-bond acceptors (Lipinski definition) is 2. The number of hydrogen-bond donors (Lipinski definition) is 0. The molecule has 0 heterocycles. The van der Waals surface area contributed by atoms with Gasteiger partial charge in [0.2, 0.25) is 0 Å². The molecule has 0 aliphatic heterocycles. The van der Waals surface area contributed by atoms with Gasteiger partial charge in [0.1, 0.15) is 17.5 Å². The lowest BCUT2D eigenvalue weighted by Crippen LogP contribution is -2.20. The fraction of sp³-hybridized carbons (Fsp3) is 0.385. The van der Waals surface area contributed by atoms with E-state index in [0.29, 0.717) is 12.8 Å². The lowest BCUT2D eigenvalue weighted by molar-refractivity contribution is -0.128. The lowest BCUT2D eigenvalue weighted by atomic mass is 9.88. The molecule has 0 saturated carbocycles. The SMILES string of the molecule is CCC(=O)C(C(=O)CC)c1ccccc1. The second kappa shape index (κ2) is 5.44. The highest BCUT2D eigenvalue weighted by molar-refractivity contribution is 6.07. The van der Waals surface area contributed by atoms with Crippen molar-refractivity contribution in [3.63, 3.8) is 0 Å². The van der Waals surface area contributed by atoms with Gasteiger partial charge in [-0.2, -0.15) is 0 Å². The van der Waals surface area contributed by atoms with Gasteiger partial charge in [-0.25, -0.2) is 0 Å². The largest absolute Gasteiger partial charge is 0.299 e. The molecule has 0 unspecified atom stereocenters. The fourth-order valence-electron chi connectivity index (χ4n) is 1.61. The molecule has 0 spiro atoms. The summed E-state index contributed by atoms with van der Waals surface area (Å²) in [6, 6.07) is 9.27. The Bertz CT molecular complexity index is 325. The number of benzene rings is 1. The van der Waals surface area contributed by atoms with Gasteiger partial charge in [0.25, 0.3) is 0 Å². The van der Waals surface area contributed by atoms with E-state index < -0.39 is 5.92 Å². The van der Waals surface area contributed by atoms with Gasteiger partial charge in [-0.15, -0.1) is 0 Å². The van der Waals surface area contributed by atoms with Crippen molar-refractivity contribution in [1.29, 1.82) is 0 Å². The summed E-state index contributed by atoms with van der Waals surface area (Å²) in [7, 11) is 0. The molecule has 0 N–H and O–H groups in total. The first kappa shape index (κ1) is 11.6. The predicted octanol–water partition coefficient (Wildman–Crippen LogP) is 2.73. The summed E-state index contributed by atoms with van der Waals surface area (Å²) in [5.41, 5.74) is 0.816. The zero-order valence-electron chi connectivity index (χ0n) is 9.19. The molecule has 1 aromatic carbocycles. The van der Waals surface area contributed by atoms with Crippen LogP contribution in [0, 0.1) is 0 Å². The monoisotopic (exact) mass is 204 g/mol. The fourth-order valence-corrected chi connectivity index (χ4v) is 1.61. The molecule has 0 aliphatic carbocycles. The zero-order valence-corrected chi connectivity index (χ0v) is 9.19. The Morgan fingerprint density at radius 3 is 1.87 bits per heavy atom. The Morgan fingerprint density at radius 2 is 1.47 bits per heavy atom. The molecule has 2 heteroatoms. The van der Waals surface area contributed by atoms with Crippen molar-refractivity contribution < 1.29 is 9.59 Å². The first-order chi connectivity index (χ1) is 7.20. The highest BCUT2D eigenvalue weighted by atomic mass is 16.1. The molecule has 80 valence electrons. The molecule has 0 saturated heterocycles. The van der Waals surface area contributed by atoms with Crippen LogP contribution in [0.1, 0.15) is 38.2 Å². The van der Waals surface area contributed by atoms with E-state index in [-0.39, 0.29) is 11.6 Å². The van der Waals surface area contributed by atoms with Crippen molar-refractivity contribution in [2.24, 2.45) is 0 Å². The van der Waals surface area contributed by atoms with Gasteiger partial charge in [-0.3, -0.25) is 9.59 Å². The molecule has 0 aromatic heterocycles. The lowest BCUT2D eigenvalue weighted by Gasteiger charge is -2.13. The number of carbonyl (C=O) groups excluding carboxylic acids is 2. The molecule has 0 aliphatic rings. The maximum absolute atomic E-state index is 11.7. The van der Waals surface area contributed by atoms with Gasteiger partial charge in [0.15, 0.2) is 0 Å². The van der Waals surface area contributed by atoms with Crippen molar-refractivity contribution in [1.82, 2.24) is 0 Å².